The molecule has 2 N–H and O–H groups in total. The Morgan fingerprint density at radius 3 is 2.29 bits per heavy atom. The molecule has 0 bridgehead atoms. The molecule has 0 heterocycles. The van der Waals surface area contributed by atoms with Gasteiger partial charge in [-0.15, -0.1) is 0 Å². The maximum Gasteiger partial charge on any atom is 0.416 e. The smallest absolute Gasteiger partial charge is 0.330 e. The van der Waals surface area contributed by atoms with Crippen LogP contribution in [0.5, 0.6) is 0 Å². The molecule has 1 unspecified atom stereocenters. The number of halogens is 3. The van der Waals surface area contributed by atoms with E-state index in [0.29, 0.717) is 18.5 Å². The van der Waals surface area contributed by atoms with E-state index in [0.717, 1.165) is 18.1 Å². The quantitative estimate of drug-likeness (QED) is 0.869. The van der Waals surface area contributed by atoms with Gasteiger partial charge in [0.05, 0.1) is 5.56 Å². The lowest BCUT2D eigenvalue weighted by atomic mass is 9.92. The molecular formula is C17H18F3N. The third-order valence-corrected chi connectivity index (χ3v) is 3.59. The van der Waals surface area contributed by atoms with Gasteiger partial charge in [-0.1, -0.05) is 48.5 Å². The molecule has 1 atom stereocenters. The summed E-state index contributed by atoms with van der Waals surface area (Å²) in [6.07, 6.45) is -2.97. The minimum absolute atomic E-state index is 0.167. The van der Waals surface area contributed by atoms with Crippen molar-refractivity contribution in [3.05, 3.63) is 71.3 Å². The highest BCUT2D eigenvalue weighted by molar-refractivity contribution is 5.26. The van der Waals surface area contributed by atoms with E-state index in [1.54, 1.807) is 6.07 Å². The Balaban J connectivity index is 2.05. The molecular weight excluding hydrogens is 275 g/mol. The fraction of sp³-hybridized carbons (Fsp3) is 0.294. The number of hydrogen-bond acceptors (Lipinski definition) is 1. The van der Waals surface area contributed by atoms with Crippen LogP contribution in [0.4, 0.5) is 13.2 Å². The summed E-state index contributed by atoms with van der Waals surface area (Å²) in [6.45, 7) is 0.489. The highest BCUT2D eigenvalue weighted by atomic mass is 19.4. The van der Waals surface area contributed by atoms with Gasteiger partial charge in [0.25, 0.3) is 0 Å². The van der Waals surface area contributed by atoms with Crippen LogP contribution >= 0.6 is 0 Å². The molecule has 0 radical (unpaired) electrons. The third kappa shape index (κ3) is 4.33. The zero-order chi connectivity index (χ0) is 15.3. The Kier molecular flexibility index (Phi) is 5.02. The normalized spacial score (nSPS) is 13.1. The van der Waals surface area contributed by atoms with Gasteiger partial charge in [0.15, 0.2) is 0 Å². The Morgan fingerprint density at radius 1 is 0.952 bits per heavy atom. The molecule has 0 aliphatic carbocycles. The zero-order valence-corrected chi connectivity index (χ0v) is 11.6. The summed E-state index contributed by atoms with van der Waals surface area (Å²) < 4.78 is 38.0. The van der Waals surface area contributed by atoms with Gasteiger partial charge in [-0.2, -0.15) is 13.2 Å². The molecule has 0 aliphatic rings. The molecule has 21 heavy (non-hydrogen) atoms. The van der Waals surface area contributed by atoms with Crippen LogP contribution in [-0.2, 0) is 12.6 Å². The molecule has 0 saturated heterocycles. The predicted octanol–water partition coefficient (Wildman–Crippen LogP) is 4.38. The highest BCUT2D eigenvalue weighted by Crippen LogP contribution is 2.30. The van der Waals surface area contributed by atoms with Gasteiger partial charge in [-0.25, -0.2) is 0 Å². The highest BCUT2D eigenvalue weighted by Gasteiger charge is 2.30. The molecule has 2 aromatic rings. The Labute approximate surface area is 122 Å². The van der Waals surface area contributed by atoms with Gasteiger partial charge >= 0.3 is 6.18 Å². The number of aryl methyl sites for hydroxylation is 1. The van der Waals surface area contributed by atoms with Gasteiger partial charge in [0.2, 0.25) is 0 Å². The lowest BCUT2D eigenvalue weighted by Crippen LogP contribution is -2.13. The number of nitrogens with two attached hydrogens (primary N) is 1. The second kappa shape index (κ2) is 6.76. The van der Waals surface area contributed by atoms with Crippen LogP contribution in [0.15, 0.2) is 54.6 Å². The van der Waals surface area contributed by atoms with Crippen molar-refractivity contribution in [2.75, 3.05) is 6.54 Å². The van der Waals surface area contributed by atoms with Gasteiger partial charge in [-0.3, -0.25) is 0 Å². The topological polar surface area (TPSA) is 26.0 Å². The van der Waals surface area contributed by atoms with Crippen LogP contribution in [0.2, 0.25) is 0 Å². The summed E-state index contributed by atoms with van der Waals surface area (Å²) in [5, 5.41) is 0. The van der Waals surface area contributed by atoms with E-state index in [-0.39, 0.29) is 5.92 Å². The SMILES string of the molecule is NCC(CCc1cccc(C(F)(F)F)c1)c1ccccc1. The average Bonchev–Trinajstić information content (AvgIpc) is 2.48. The van der Waals surface area contributed by atoms with E-state index in [9.17, 15) is 13.2 Å². The predicted molar refractivity (Wildman–Crippen MR) is 78.0 cm³/mol. The standard InChI is InChI=1S/C17H18F3N/c18-17(19,20)16-8-4-5-13(11-16)9-10-15(12-21)14-6-2-1-3-7-14/h1-8,11,15H,9-10,12,21H2. The van der Waals surface area contributed by atoms with Gasteiger partial charge in [0.1, 0.15) is 0 Å². The van der Waals surface area contributed by atoms with Crippen molar-refractivity contribution in [2.45, 2.75) is 24.9 Å². The zero-order valence-electron chi connectivity index (χ0n) is 11.6. The van der Waals surface area contributed by atoms with Crippen LogP contribution in [0.3, 0.4) is 0 Å². The lowest BCUT2D eigenvalue weighted by Gasteiger charge is -2.15. The van der Waals surface area contributed by atoms with Crippen molar-refractivity contribution in [3.8, 4) is 0 Å². The summed E-state index contributed by atoms with van der Waals surface area (Å²) in [5.41, 5.74) is 7.02. The van der Waals surface area contributed by atoms with Crippen LogP contribution in [0.25, 0.3) is 0 Å². The summed E-state index contributed by atoms with van der Waals surface area (Å²) in [4.78, 5) is 0. The van der Waals surface area contributed by atoms with Crippen molar-refractivity contribution < 1.29 is 13.2 Å². The molecule has 2 rings (SSSR count). The molecule has 0 amide bonds. The Bertz CT molecular complexity index is 564. The van der Waals surface area contributed by atoms with Crippen molar-refractivity contribution in [1.82, 2.24) is 0 Å². The molecule has 0 saturated carbocycles. The van der Waals surface area contributed by atoms with E-state index in [2.05, 4.69) is 0 Å². The van der Waals surface area contributed by atoms with Crippen LogP contribution in [0, 0.1) is 0 Å². The summed E-state index contributed by atoms with van der Waals surface area (Å²) >= 11 is 0. The first-order valence-corrected chi connectivity index (χ1v) is 6.92. The molecule has 112 valence electrons. The number of hydrogen-bond donors (Lipinski definition) is 1. The minimum Gasteiger partial charge on any atom is -0.330 e. The second-order valence-corrected chi connectivity index (χ2v) is 5.08. The van der Waals surface area contributed by atoms with Crippen LogP contribution < -0.4 is 5.73 Å². The molecule has 4 heteroatoms. The average molecular weight is 293 g/mol. The van der Waals surface area contributed by atoms with E-state index in [1.807, 2.05) is 30.3 Å². The molecule has 2 aromatic carbocycles. The fourth-order valence-corrected chi connectivity index (χ4v) is 2.39. The Hall–Kier alpha value is -1.81. The van der Waals surface area contributed by atoms with Crippen molar-refractivity contribution in [3.63, 3.8) is 0 Å². The van der Waals surface area contributed by atoms with Crippen molar-refractivity contribution in [1.29, 1.82) is 0 Å². The van der Waals surface area contributed by atoms with E-state index in [1.165, 1.54) is 12.1 Å². The maximum atomic E-state index is 12.7. The first-order chi connectivity index (χ1) is 10.0. The van der Waals surface area contributed by atoms with Crippen LogP contribution in [0.1, 0.15) is 29.0 Å². The van der Waals surface area contributed by atoms with E-state index >= 15 is 0 Å². The minimum atomic E-state index is -4.29. The maximum absolute atomic E-state index is 12.7. The third-order valence-electron chi connectivity index (χ3n) is 3.59. The number of rotatable bonds is 5. The molecule has 0 aliphatic heterocycles. The first-order valence-electron chi connectivity index (χ1n) is 6.92. The van der Waals surface area contributed by atoms with E-state index < -0.39 is 11.7 Å². The van der Waals surface area contributed by atoms with Crippen molar-refractivity contribution in [2.24, 2.45) is 5.73 Å². The Morgan fingerprint density at radius 2 is 1.67 bits per heavy atom. The number of benzene rings is 2. The summed E-state index contributed by atoms with van der Waals surface area (Å²) in [5.74, 6) is 0.167. The van der Waals surface area contributed by atoms with Gasteiger partial charge in [-0.05, 0) is 42.5 Å². The second-order valence-electron chi connectivity index (χ2n) is 5.08. The summed E-state index contributed by atoms with van der Waals surface area (Å²) in [6, 6.07) is 15.3. The van der Waals surface area contributed by atoms with Crippen molar-refractivity contribution >= 4 is 0 Å². The summed E-state index contributed by atoms with van der Waals surface area (Å²) in [7, 11) is 0. The fourth-order valence-electron chi connectivity index (χ4n) is 2.39. The number of alkyl halides is 3. The van der Waals surface area contributed by atoms with E-state index in [4.69, 9.17) is 5.73 Å². The first kappa shape index (κ1) is 15.6. The largest absolute Gasteiger partial charge is 0.416 e. The van der Waals surface area contributed by atoms with Gasteiger partial charge in [0, 0.05) is 0 Å². The molecule has 0 aromatic heterocycles. The monoisotopic (exact) mass is 293 g/mol. The van der Waals surface area contributed by atoms with Gasteiger partial charge < -0.3 is 5.73 Å². The molecule has 0 fully saturated rings. The van der Waals surface area contributed by atoms with Crippen LogP contribution in [-0.4, -0.2) is 6.54 Å². The lowest BCUT2D eigenvalue weighted by molar-refractivity contribution is -0.137. The molecule has 0 spiro atoms. The molecule has 1 nitrogen and oxygen atoms in total.